The maximum Gasteiger partial charge on any atom is 0.352 e. The molecule has 1 amide bonds. The van der Waals surface area contributed by atoms with E-state index in [1.165, 1.54) is 25.0 Å². The third-order valence-electron chi connectivity index (χ3n) is 5.09. The molecule has 2 aromatic rings. The van der Waals surface area contributed by atoms with Crippen molar-refractivity contribution < 1.29 is 23.8 Å². The maximum absolute atomic E-state index is 13.9. The van der Waals surface area contributed by atoms with Gasteiger partial charge in [-0.2, -0.15) is 0 Å². The molecule has 0 bridgehead atoms. The summed E-state index contributed by atoms with van der Waals surface area (Å²) in [4.78, 5) is 23.7. The van der Waals surface area contributed by atoms with Crippen LogP contribution in [0.3, 0.4) is 0 Å². The predicted octanol–water partition coefficient (Wildman–Crippen LogP) is 5.89. The topological polar surface area (TPSA) is 75.6 Å². The number of hydrogen-bond donors (Lipinski definition) is 2. The fraction of sp³-hybridized carbons (Fsp3) is 0.304. The van der Waals surface area contributed by atoms with Crippen molar-refractivity contribution in [3.8, 4) is 11.5 Å². The molecule has 0 spiro atoms. The molecule has 0 heterocycles. The van der Waals surface area contributed by atoms with Gasteiger partial charge in [0.25, 0.3) is 0 Å². The van der Waals surface area contributed by atoms with Gasteiger partial charge in [-0.3, -0.25) is 4.79 Å². The lowest BCUT2D eigenvalue weighted by molar-refractivity contribution is -0.134. The number of carbonyl (C=O) groups excluding carboxylic acids is 1. The summed E-state index contributed by atoms with van der Waals surface area (Å²) in [5.41, 5.74) is 0.389. The second-order valence-electron chi connectivity index (χ2n) is 7.32. The first kappa shape index (κ1) is 22.0. The van der Waals surface area contributed by atoms with E-state index in [4.69, 9.17) is 4.74 Å². The van der Waals surface area contributed by atoms with Crippen molar-refractivity contribution in [3.05, 3.63) is 64.0 Å². The number of ether oxygens (including phenoxy) is 1. The highest BCUT2D eigenvalue weighted by Crippen LogP contribution is 2.32. The third kappa shape index (κ3) is 6.16. The van der Waals surface area contributed by atoms with Gasteiger partial charge in [-0.25, -0.2) is 9.18 Å². The zero-order valence-corrected chi connectivity index (χ0v) is 18.0. The highest BCUT2D eigenvalue weighted by molar-refractivity contribution is 9.10. The summed E-state index contributed by atoms with van der Waals surface area (Å²) in [6.45, 7) is 0. The van der Waals surface area contributed by atoms with Crippen LogP contribution < -0.4 is 10.1 Å². The third-order valence-corrected chi connectivity index (χ3v) is 5.71. The average Bonchev–Trinajstić information content (AvgIpc) is 3.23. The number of rotatable bonds is 8. The minimum Gasteiger partial charge on any atom is -0.477 e. The average molecular weight is 476 g/mol. The smallest absolute Gasteiger partial charge is 0.352 e. The second kappa shape index (κ2) is 10.4. The van der Waals surface area contributed by atoms with Gasteiger partial charge in [0.15, 0.2) is 11.6 Å². The van der Waals surface area contributed by atoms with Crippen LogP contribution in [0.4, 0.5) is 4.39 Å². The number of carboxylic acids is 1. The molecule has 7 heteroatoms. The lowest BCUT2D eigenvalue weighted by Gasteiger charge is -2.10. The molecule has 1 aliphatic carbocycles. The van der Waals surface area contributed by atoms with Gasteiger partial charge >= 0.3 is 5.97 Å². The van der Waals surface area contributed by atoms with Crippen molar-refractivity contribution in [2.24, 2.45) is 5.92 Å². The molecule has 30 heavy (non-hydrogen) atoms. The Morgan fingerprint density at radius 1 is 1.17 bits per heavy atom. The largest absolute Gasteiger partial charge is 0.477 e. The van der Waals surface area contributed by atoms with Crippen LogP contribution in [0.5, 0.6) is 11.5 Å². The van der Waals surface area contributed by atoms with E-state index in [0.29, 0.717) is 28.1 Å². The molecule has 1 saturated carbocycles. The Labute approximate surface area is 183 Å². The van der Waals surface area contributed by atoms with Crippen LogP contribution in [0.1, 0.15) is 44.1 Å². The van der Waals surface area contributed by atoms with Crippen LogP contribution in [0.25, 0.3) is 6.08 Å². The number of amides is 1. The molecular formula is C23H23BrFNO4. The van der Waals surface area contributed by atoms with Crippen LogP contribution >= 0.6 is 15.9 Å². The highest BCUT2D eigenvalue weighted by Gasteiger charge is 2.18. The van der Waals surface area contributed by atoms with E-state index in [1.807, 2.05) is 0 Å². The van der Waals surface area contributed by atoms with Gasteiger partial charge < -0.3 is 15.2 Å². The molecule has 0 saturated heterocycles. The molecule has 3 rings (SSSR count). The number of nitrogens with one attached hydrogen (secondary N) is 1. The quantitative estimate of drug-likeness (QED) is 0.466. The maximum atomic E-state index is 13.9. The van der Waals surface area contributed by atoms with Gasteiger partial charge in [0.1, 0.15) is 11.4 Å². The van der Waals surface area contributed by atoms with Gasteiger partial charge in [-0.05, 0) is 64.2 Å². The molecule has 1 fully saturated rings. The second-order valence-corrected chi connectivity index (χ2v) is 8.18. The molecule has 158 valence electrons. The summed E-state index contributed by atoms with van der Waals surface area (Å²) < 4.78 is 19.9. The summed E-state index contributed by atoms with van der Waals surface area (Å²) in [6.07, 6.45) is 7.20. The Morgan fingerprint density at radius 3 is 2.50 bits per heavy atom. The molecule has 0 atom stereocenters. The van der Waals surface area contributed by atoms with Crippen molar-refractivity contribution in [1.82, 2.24) is 5.32 Å². The van der Waals surface area contributed by atoms with E-state index in [9.17, 15) is 19.1 Å². The van der Waals surface area contributed by atoms with Gasteiger partial charge in [0, 0.05) is 6.42 Å². The summed E-state index contributed by atoms with van der Waals surface area (Å²) in [6, 6.07) is 11.0. The lowest BCUT2D eigenvalue weighted by Crippen LogP contribution is -2.27. The Kier molecular flexibility index (Phi) is 7.63. The van der Waals surface area contributed by atoms with E-state index in [1.54, 1.807) is 36.4 Å². The summed E-state index contributed by atoms with van der Waals surface area (Å²) in [5.74, 6) is -0.964. The zero-order valence-electron chi connectivity index (χ0n) is 16.4. The normalized spacial score (nSPS) is 14.5. The molecule has 5 nitrogen and oxygen atoms in total. The Bertz CT molecular complexity index is 916. The Morgan fingerprint density at radius 2 is 1.87 bits per heavy atom. The monoisotopic (exact) mass is 475 g/mol. The van der Waals surface area contributed by atoms with Gasteiger partial charge in [-0.15, -0.1) is 0 Å². The summed E-state index contributed by atoms with van der Waals surface area (Å²) >= 11 is 3.24. The molecule has 2 N–H and O–H groups in total. The number of para-hydroxylation sites is 1. The van der Waals surface area contributed by atoms with Crippen LogP contribution in [-0.2, 0) is 9.59 Å². The van der Waals surface area contributed by atoms with Gasteiger partial charge in [0.2, 0.25) is 5.91 Å². The molecule has 2 aromatic carbocycles. The van der Waals surface area contributed by atoms with E-state index in [-0.39, 0.29) is 17.4 Å². The first-order chi connectivity index (χ1) is 14.4. The molecular weight excluding hydrogens is 453 g/mol. The summed E-state index contributed by atoms with van der Waals surface area (Å²) in [5, 5.41) is 11.9. The molecule has 1 aliphatic rings. The molecule has 0 unspecified atom stereocenters. The van der Waals surface area contributed by atoms with Gasteiger partial charge in [-0.1, -0.05) is 43.9 Å². The fourth-order valence-electron chi connectivity index (χ4n) is 3.49. The molecule has 0 aliphatic heterocycles. The molecule has 0 aromatic heterocycles. The number of benzene rings is 2. The minimum atomic E-state index is -1.21. The van der Waals surface area contributed by atoms with Crippen molar-refractivity contribution >= 4 is 33.9 Å². The highest BCUT2D eigenvalue weighted by atomic mass is 79.9. The van der Waals surface area contributed by atoms with E-state index in [0.717, 1.165) is 19.3 Å². The van der Waals surface area contributed by atoms with E-state index in [2.05, 4.69) is 21.2 Å². The number of aliphatic carboxylic acids is 1. The van der Waals surface area contributed by atoms with Gasteiger partial charge in [0.05, 0.1) is 4.47 Å². The van der Waals surface area contributed by atoms with Crippen LogP contribution in [0.15, 0.2) is 52.6 Å². The molecule has 0 radical (unpaired) electrons. The summed E-state index contributed by atoms with van der Waals surface area (Å²) in [7, 11) is 0. The van der Waals surface area contributed by atoms with Crippen molar-refractivity contribution in [1.29, 1.82) is 0 Å². The fourth-order valence-corrected chi connectivity index (χ4v) is 3.92. The van der Waals surface area contributed by atoms with Crippen molar-refractivity contribution in [3.63, 3.8) is 0 Å². The zero-order chi connectivity index (χ0) is 21.5. The number of halogens is 2. The predicted molar refractivity (Wildman–Crippen MR) is 116 cm³/mol. The van der Waals surface area contributed by atoms with Crippen molar-refractivity contribution in [2.45, 2.75) is 38.5 Å². The van der Waals surface area contributed by atoms with E-state index >= 15 is 0 Å². The van der Waals surface area contributed by atoms with Crippen LogP contribution in [-0.4, -0.2) is 17.0 Å². The first-order valence-corrected chi connectivity index (χ1v) is 10.7. The number of carboxylic acid groups (broad SMARTS) is 1. The Balaban J connectivity index is 1.63. The number of hydrogen-bond acceptors (Lipinski definition) is 3. The minimum absolute atomic E-state index is 0.0709. The van der Waals surface area contributed by atoms with Crippen LogP contribution in [0, 0.1) is 11.7 Å². The van der Waals surface area contributed by atoms with E-state index < -0.39 is 11.8 Å². The van der Waals surface area contributed by atoms with Crippen molar-refractivity contribution in [2.75, 3.05) is 0 Å². The lowest BCUT2D eigenvalue weighted by atomic mass is 10.0. The Hall–Kier alpha value is -2.67. The number of carbonyl (C=O) groups is 2. The van der Waals surface area contributed by atoms with Crippen LogP contribution in [0.2, 0.25) is 0 Å². The standard InChI is InChI=1S/C23H23BrFNO4/c24-18-6-3-7-19(25)22(18)30-17-11-8-16(9-12-17)14-20(23(28)29)26-21(27)13-10-15-4-1-2-5-15/h3,6-9,11-12,14-15H,1-2,4-5,10,13H2,(H,26,27)(H,28,29). The first-order valence-electron chi connectivity index (χ1n) is 9.89. The SMILES string of the molecule is O=C(CCC1CCCC1)NC(=Cc1ccc(Oc2c(F)cccc2Br)cc1)C(=O)O.